The van der Waals surface area contributed by atoms with Crippen LogP contribution in [0.15, 0.2) is 12.2 Å². The van der Waals surface area contributed by atoms with Gasteiger partial charge in [-0.05, 0) is 27.2 Å². The highest BCUT2D eigenvalue weighted by Crippen LogP contribution is 2.09. The average Bonchev–Trinajstić information content (AvgIpc) is 2.09. The van der Waals surface area contributed by atoms with Crippen LogP contribution >= 0.6 is 0 Å². The number of aliphatic hydroxyl groups is 1. The second-order valence-electron chi connectivity index (χ2n) is 4.55. The van der Waals surface area contributed by atoms with Crippen molar-refractivity contribution in [3.05, 3.63) is 12.2 Å². The Balaban J connectivity index is 3.89. The first kappa shape index (κ1) is 14.2. The number of carbonyl (C=O) groups is 1. The van der Waals surface area contributed by atoms with Crippen LogP contribution in [0.2, 0.25) is 0 Å². The Morgan fingerprint density at radius 1 is 1.40 bits per heavy atom. The molecule has 0 aliphatic rings. The summed E-state index contributed by atoms with van der Waals surface area (Å²) in [5, 5.41) is 9.45. The number of carbonyl (C=O) groups excluding carboxylic acids is 1. The fourth-order valence-corrected chi connectivity index (χ4v) is 0.976. The van der Waals surface area contributed by atoms with E-state index in [1.165, 1.54) is 0 Å². The first-order valence-electron chi connectivity index (χ1n) is 5.42. The largest absolute Gasteiger partial charge is 0.458 e. The summed E-state index contributed by atoms with van der Waals surface area (Å²) in [6, 6.07) is 0. The monoisotopic (exact) mass is 214 g/mol. The van der Waals surface area contributed by atoms with Gasteiger partial charge < -0.3 is 9.84 Å². The smallest absolute Gasteiger partial charge is 0.335 e. The van der Waals surface area contributed by atoms with E-state index in [1.807, 2.05) is 12.2 Å². The van der Waals surface area contributed by atoms with Crippen molar-refractivity contribution in [3.8, 4) is 0 Å². The van der Waals surface area contributed by atoms with Crippen molar-refractivity contribution in [3.63, 3.8) is 0 Å². The Bertz CT molecular complexity index is 213. The molecule has 0 saturated carbocycles. The SMILES string of the molecule is CCC/C=C/CC(O)C(=O)OC(C)(C)C. The van der Waals surface area contributed by atoms with Crippen molar-refractivity contribution < 1.29 is 14.6 Å². The Kier molecular flexibility index (Phi) is 6.25. The van der Waals surface area contributed by atoms with Gasteiger partial charge in [0.15, 0.2) is 6.10 Å². The summed E-state index contributed by atoms with van der Waals surface area (Å²) in [5.74, 6) is -0.552. The molecular formula is C12H22O3. The second-order valence-corrected chi connectivity index (χ2v) is 4.55. The van der Waals surface area contributed by atoms with Crippen LogP contribution in [-0.2, 0) is 9.53 Å². The van der Waals surface area contributed by atoms with Crippen LogP contribution in [0.3, 0.4) is 0 Å². The molecule has 0 heterocycles. The molecule has 15 heavy (non-hydrogen) atoms. The number of unbranched alkanes of at least 4 members (excludes halogenated alkanes) is 1. The molecule has 0 bridgehead atoms. The molecule has 3 heteroatoms. The van der Waals surface area contributed by atoms with Crippen LogP contribution in [0.1, 0.15) is 47.0 Å². The summed E-state index contributed by atoms with van der Waals surface area (Å²) in [6.07, 6.45) is 5.11. The third-order valence-electron chi connectivity index (χ3n) is 1.66. The molecule has 0 spiro atoms. The highest BCUT2D eigenvalue weighted by molar-refractivity contribution is 5.74. The number of esters is 1. The standard InChI is InChI=1S/C12H22O3/c1-5-6-7-8-9-10(13)11(14)15-12(2,3)4/h7-8,10,13H,5-6,9H2,1-4H3/b8-7+. The maximum absolute atomic E-state index is 11.3. The number of hydrogen-bond donors (Lipinski definition) is 1. The topological polar surface area (TPSA) is 46.5 Å². The third kappa shape index (κ3) is 8.18. The van der Waals surface area contributed by atoms with Gasteiger partial charge >= 0.3 is 5.97 Å². The third-order valence-corrected chi connectivity index (χ3v) is 1.66. The Morgan fingerprint density at radius 3 is 2.47 bits per heavy atom. The molecule has 0 aliphatic heterocycles. The molecule has 1 atom stereocenters. The van der Waals surface area contributed by atoms with Crippen LogP contribution in [0.4, 0.5) is 0 Å². The molecule has 0 aliphatic carbocycles. The lowest BCUT2D eigenvalue weighted by Gasteiger charge is -2.21. The van der Waals surface area contributed by atoms with Gasteiger partial charge in [-0.1, -0.05) is 25.5 Å². The minimum absolute atomic E-state index is 0.328. The summed E-state index contributed by atoms with van der Waals surface area (Å²) in [5.41, 5.74) is -0.537. The lowest BCUT2D eigenvalue weighted by molar-refractivity contribution is -0.164. The van der Waals surface area contributed by atoms with E-state index >= 15 is 0 Å². The fraction of sp³-hybridized carbons (Fsp3) is 0.750. The zero-order valence-electron chi connectivity index (χ0n) is 10.1. The summed E-state index contributed by atoms with van der Waals surface area (Å²) in [7, 11) is 0. The predicted molar refractivity (Wildman–Crippen MR) is 60.5 cm³/mol. The van der Waals surface area contributed by atoms with Crippen molar-refractivity contribution in [2.45, 2.75) is 58.7 Å². The van der Waals surface area contributed by atoms with Crippen LogP contribution in [0, 0.1) is 0 Å². The molecule has 0 saturated heterocycles. The zero-order valence-corrected chi connectivity index (χ0v) is 10.1. The summed E-state index contributed by atoms with van der Waals surface area (Å²) in [6.45, 7) is 7.42. The fourth-order valence-electron chi connectivity index (χ4n) is 0.976. The molecule has 0 aromatic heterocycles. The molecule has 0 aromatic rings. The molecule has 1 unspecified atom stereocenters. The number of hydrogen-bond acceptors (Lipinski definition) is 3. The normalized spacial score (nSPS) is 14.2. The lowest BCUT2D eigenvalue weighted by Crippen LogP contribution is -2.31. The van der Waals surface area contributed by atoms with Crippen LogP contribution in [0.25, 0.3) is 0 Å². The van der Waals surface area contributed by atoms with Gasteiger partial charge in [0.05, 0.1) is 0 Å². The average molecular weight is 214 g/mol. The minimum Gasteiger partial charge on any atom is -0.458 e. The lowest BCUT2D eigenvalue weighted by atomic mass is 10.1. The minimum atomic E-state index is -1.04. The van der Waals surface area contributed by atoms with Crippen molar-refractivity contribution in [2.24, 2.45) is 0 Å². The van der Waals surface area contributed by atoms with Gasteiger partial charge in [0.1, 0.15) is 5.60 Å². The molecule has 88 valence electrons. The Labute approximate surface area is 92.1 Å². The molecule has 0 amide bonds. The molecule has 1 N–H and O–H groups in total. The summed E-state index contributed by atoms with van der Waals surface area (Å²) < 4.78 is 5.03. The first-order valence-corrected chi connectivity index (χ1v) is 5.42. The second kappa shape index (κ2) is 6.62. The van der Waals surface area contributed by atoms with Gasteiger partial charge in [0.2, 0.25) is 0 Å². The molecule has 0 rings (SSSR count). The van der Waals surface area contributed by atoms with Crippen LogP contribution in [-0.4, -0.2) is 22.8 Å². The molecule has 3 nitrogen and oxygen atoms in total. The molecular weight excluding hydrogens is 192 g/mol. The van der Waals surface area contributed by atoms with E-state index in [0.717, 1.165) is 12.8 Å². The first-order chi connectivity index (χ1) is 6.87. The van der Waals surface area contributed by atoms with Gasteiger partial charge in [-0.15, -0.1) is 0 Å². The molecule has 0 fully saturated rings. The number of aliphatic hydroxyl groups excluding tert-OH is 1. The van der Waals surface area contributed by atoms with Crippen LogP contribution in [0.5, 0.6) is 0 Å². The Morgan fingerprint density at radius 2 is 2.00 bits per heavy atom. The van der Waals surface area contributed by atoms with Crippen molar-refractivity contribution in [2.75, 3.05) is 0 Å². The summed E-state index contributed by atoms with van der Waals surface area (Å²) in [4.78, 5) is 11.3. The highest BCUT2D eigenvalue weighted by Gasteiger charge is 2.21. The van der Waals surface area contributed by atoms with E-state index in [9.17, 15) is 9.90 Å². The number of ether oxygens (including phenoxy) is 1. The maximum Gasteiger partial charge on any atom is 0.335 e. The van der Waals surface area contributed by atoms with E-state index < -0.39 is 17.7 Å². The van der Waals surface area contributed by atoms with Crippen LogP contribution < -0.4 is 0 Å². The van der Waals surface area contributed by atoms with E-state index in [4.69, 9.17) is 4.74 Å². The summed E-state index contributed by atoms with van der Waals surface area (Å²) >= 11 is 0. The van der Waals surface area contributed by atoms with E-state index in [1.54, 1.807) is 20.8 Å². The predicted octanol–water partition coefficient (Wildman–Crippen LogP) is 2.44. The van der Waals surface area contributed by atoms with Crippen molar-refractivity contribution in [1.82, 2.24) is 0 Å². The van der Waals surface area contributed by atoms with Gasteiger partial charge in [0, 0.05) is 6.42 Å². The van der Waals surface area contributed by atoms with Crippen molar-refractivity contribution >= 4 is 5.97 Å². The maximum atomic E-state index is 11.3. The number of allylic oxidation sites excluding steroid dienone is 1. The molecule has 0 radical (unpaired) electrons. The van der Waals surface area contributed by atoms with Gasteiger partial charge in [-0.25, -0.2) is 4.79 Å². The molecule has 0 aromatic carbocycles. The quantitative estimate of drug-likeness (QED) is 0.565. The Hall–Kier alpha value is -0.830. The van der Waals surface area contributed by atoms with Crippen molar-refractivity contribution in [1.29, 1.82) is 0 Å². The van der Waals surface area contributed by atoms with E-state index in [0.29, 0.717) is 6.42 Å². The number of rotatable bonds is 5. The van der Waals surface area contributed by atoms with Gasteiger partial charge in [0.25, 0.3) is 0 Å². The van der Waals surface area contributed by atoms with E-state index in [-0.39, 0.29) is 0 Å². The highest BCUT2D eigenvalue weighted by atomic mass is 16.6. The van der Waals surface area contributed by atoms with Gasteiger partial charge in [-0.3, -0.25) is 0 Å². The van der Waals surface area contributed by atoms with Gasteiger partial charge in [-0.2, -0.15) is 0 Å². The zero-order chi connectivity index (χ0) is 11.9. The van der Waals surface area contributed by atoms with E-state index in [2.05, 4.69) is 6.92 Å².